The maximum absolute atomic E-state index is 12.9. The molecule has 2 N–H and O–H groups in total. The van der Waals surface area contributed by atoms with Crippen molar-refractivity contribution in [3.63, 3.8) is 0 Å². The highest BCUT2D eigenvalue weighted by atomic mass is 19.1. The molecule has 1 aliphatic heterocycles. The molecule has 1 heterocycles. The summed E-state index contributed by atoms with van der Waals surface area (Å²) in [6.45, 7) is 2.19. The van der Waals surface area contributed by atoms with Crippen LogP contribution in [0, 0.1) is 5.82 Å². The van der Waals surface area contributed by atoms with Gasteiger partial charge in [0.2, 0.25) is 0 Å². The van der Waals surface area contributed by atoms with Crippen LogP contribution in [-0.4, -0.2) is 26.2 Å². The van der Waals surface area contributed by atoms with Gasteiger partial charge in [-0.05, 0) is 41.3 Å². The number of benzene rings is 2. The lowest BCUT2D eigenvalue weighted by atomic mass is 10.1. The molecular weight excluding hydrogens is 305 g/mol. The Balaban J connectivity index is 1.45. The first-order valence-electron chi connectivity index (χ1n) is 8.18. The van der Waals surface area contributed by atoms with E-state index in [2.05, 4.69) is 33.8 Å². The zero-order valence-corrected chi connectivity index (χ0v) is 13.8. The first-order chi connectivity index (χ1) is 11.7. The second-order valence-electron chi connectivity index (χ2n) is 5.77. The summed E-state index contributed by atoms with van der Waals surface area (Å²) in [5, 5.41) is 6.53. The van der Waals surface area contributed by atoms with Gasteiger partial charge in [0.15, 0.2) is 5.96 Å². The van der Waals surface area contributed by atoms with E-state index in [-0.39, 0.29) is 5.82 Å². The van der Waals surface area contributed by atoms with Gasteiger partial charge in [-0.2, -0.15) is 0 Å². The highest BCUT2D eigenvalue weighted by molar-refractivity contribution is 5.79. The lowest BCUT2D eigenvalue weighted by Crippen LogP contribution is -2.37. The molecule has 0 saturated carbocycles. The molecule has 0 saturated heterocycles. The lowest BCUT2D eigenvalue weighted by Gasteiger charge is -2.12. The average molecular weight is 327 g/mol. The fraction of sp³-hybridized carbons (Fsp3) is 0.316. The van der Waals surface area contributed by atoms with Crippen LogP contribution in [0.1, 0.15) is 16.7 Å². The minimum Gasteiger partial charge on any atom is -0.493 e. The van der Waals surface area contributed by atoms with E-state index in [4.69, 9.17) is 4.74 Å². The number of aliphatic imine (C=N–C) groups is 1. The fourth-order valence-electron chi connectivity index (χ4n) is 2.73. The summed E-state index contributed by atoms with van der Waals surface area (Å²) >= 11 is 0. The molecule has 0 fully saturated rings. The Morgan fingerprint density at radius 1 is 1.12 bits per heavy atom. The third-order valence-corrected chi connectivity index (χ3v) is 4.06. The molecular formula is C19H22FN3O. The van der Waals surface area contributed by atoms with E-state index in [0.717, 1.165) is 43.3 Å². The summed E-state index contributed by atoms with van der Waals surface area (Å²) < 4.78 is 18.4. The van der Waals surface area contributed by atoms with Gasteiger partial charge < -0.3 is 15.4 Å². The van der Waals surface area contributed by atoms with Gasteiger partial charge in [-0.15, -0.1) is 0 Å². The molecule has 4 nitrogen and oxygen atoms in total. The van der Waals surface area contributed by atoms with Crippen molar-refractivity contribution < 1.29 is 9.13 Å². The zero-order chi connectivity index (χ0) is 16.8. The number of hydrogen-bond donors (Lipinski definition) is 2. The predicted octanol–water partition coefficient (Wildman–Crippen LogP) is 2.67. The highest BCUT2D eigenvalue weighted by Gasteiger charge is 2.11. The van der Waals surface area contributed by atoms with E-state index < -0.39 is 0 Å². The molecule has 24 heavy (non-hydrogen) atoms. The van der Waals surface area contributed by atoms with E-state index >= 15 is 0 Å². The van der Waals surface area contributed by atoms with E-state index in [1.165, 1.54) is 23.3 Å². The van der Waals surface area contributed by atoms with Crippen molar-refractivity contribution in [2.75, 3.05) is 20.2 Å². The van der Waals surface area contributed by atoms with Crippen molar-refractivity contribution in [2.45, 2.75) is 19.4 Å². The molecule has 2 aromatic rings. The van der Waals surface area contributed by atoms with Crippen molar-refractivity contribution in [1.29, 1.82) is 0 Å². The van der Waals surface area contributed by atoms with Crippen LogP contribution >= 0.6 is 0 Å². The van der Waals surface area contributed by atoms with Crippen molar-refractivity contribution in [2.24, 2.45) is 4.99 Å². The van der Waals surface area contributed by atoms with Crippen LogP contribution in [-0.2, 0) is 19.4 Å². The third-order valence-electron chi connectivity index (χ3n) is 4.06. The Hall–Kier alpha value is -2.56. The molecule has 0 unspecified atom stereocenters. The van der Waals surface area contributed by atoms with Gasteiger partial charge in [0.1, 0.15) is 11.6 Å². The number of ether oxygens (including phenoxy) is 1. The van der Waals surface area contributed by atoms with Gasteiger partial charge in [-0.25, -0.2) is 4.39 Å². The monoisotopic (exact) mass is 327 g/mol. The molecule has 0 bridgehead atoms. The van der Waals surface area contributed by atoms with Crippen LogP contribution in [0.25, 0.3) is 0 Å². The lowest BCUT2D eigenvalue weighted by molar-refractivity contribution is 0.357. The Kier molecular flexibility index (Phi) is 5.31. The largest absolute Gasteiger partial charge is 0.493 e. The summed E-state index contributed by atoms with van der Waals surface area (Å²) in [6, 6.07) is 12.8. The van der Waals surface area contributed by atoms with Crippen molar-refractivity contribution in [3.8, 4) is 5.75 Å². The number of halogens is 1. The van der Waals surface area contributed by atoms with Crippen LogP contribution in [0.2, 0.25) is 0 Å². The van der Waals surface area contributed by atoms with Gasteiger partial charge in [0.25, 0.3) is 0 Å². The topological polar surface area (TPSA) is 45.7 Å². The quantitative estimate of drug-likeness (QED) is 0.656. The summed E-state index contributed by atoms with van der Waals surface area (Å²) in [5.41, 5.74) is 3.60. The van der Waals surface area contributed by atoms with E-state index in [0.29, 0.717) is 6.54 Å². The maximum Gasteiger partial charge on any atom is 0.191 e. The highest BCUT2D eigenvalue weighted by Crippen LogP contribution is 2.25. The predicted molar refractivity (Wildman–Crippen MR) is 93.9 cm³/mol. The summed E-state index contributed by atoms with van der Waals surface area (Å²) in [7, 11) is 1.74. The number of hydrogen-bond acceptors (Lipinski definition) is 2. The molecule has 0 amide bonds. The second kappa shape index (κ2) is 7.81. The minimum absolute atomic E-state index is 0.221. The van der Waals surface area contributed by atoms with Crippen LogP contribution in [0.15, 0.2) is 47.5 Å². The Labute approximate surface area is 141 Å². The molecule has 3 rings (SSSR count). The van der Waals surface area contributed by atoms with Crippen molar-refractivity contribution in [3.05, 3.63) is 65.0 Å². The molecule has 0 aliphatic carbocycles. The minimum atomic E-state index is -0.221. The Bertz CT molecular complexity index is 713. The molecule has 0 spiro atoms. The summed E-state index contributed by atoms with van der Waals surface area (Å²) in [6.07, 6.45) is 1.92. The van der Waals surface area contributed by atoms with Gasteiger partial charge in [-0.3, -0.25) is 4.99 Å². The number of rotatable bonds is 5. The number of nitrogens with one attached hydrogen (secondary N) is 2. The first-order valence-corrected chi connectivity index (χ1v) is 8.18. The molecule has 126 valence electrons. The normalized spacial score (nSPS) is 13.3. The average Bonchev–Trinajstić information content (AvgIpc) is 3.07. The molecule has 0 aromatic heterocycles. The standard InChI is InChI=1S/C19H22FN3O/c1-21-19(23-13-15-2-5-17(20)6-3-15)22-10-8-14-4-7-18-16(12-14)9-11-24-18/h2-7,12H,8-11,13H2,1H3,(H2,21,22,23). The van der Waals surface area contributed by atoms with Gasteiger partial charge in [0.05, 0.1) is 6.61 Å². The fourth-order valence-corrected chi connectivity index (χ4v) is 2.73. The van der Waals surface area contributed by atoms with Gasteiger partial charge in [0, 0.05) is 26.6 Å². The van der Waals surface area contributed by atoms with Crippen LogP contribution in [0.5, 0.6) is 5.75 Å². The Morgan fingerprint density at radius 3 is 2.71 bits per heavy atom. The number of fused-ring (bicyclic) bond motifs is 1. The maximum atomic E-state index is 12.9. The molecule has 5 heteroatoms. The third kappa shape index (κ3) is 4.25. The number of guanidine groups is 1. The van der Waals surface area contributed by atoms with E-state index in [1.807, 2.05) is 0 Å². The molecule has 0 atom stereocenters. The Morgan fingerprint density at radius 2 is 1.92 bits per heavy atom. The van der Waals surface area contributed by atoms with E-state index in [1.54, 1.807) is 19.2 Å². The van der Waals surface area contributed by atoms with Crippen molar-refractivity contribution >= 4 is 5.96 Å². The number of nitrogens with zero attached hydrogens (tertiary/aromatic N) is 1. The molecule has 1 aliphatic rings. The van der Waals surface area contributed by atoms with E-state index in [9.17, 15) is 4.39 Å². The first kappa shape index (κ1) is 16.3. The van der Waals surface area contributed by atoms with Crippen LogP contribution in [0.3, 0.4) is 0 Å². The smallest absolute Gasteiger partial charge is 0.191 e. The molecule has 2 aromatic carbocycles. The van der Waals surface area contributed by atoms with Gasteiger partial charge >= 0.3 is 0 Å². The van der Waals surface area contributed by atoms with Crippen molar-refractivity contribution in [1.82, 2.24) is 10.6 Å². The van der Waals surface area contributed by atoms with Crippen LogP contribution in [0.4, 0.5) is 4.39 Å². The second-order valence-corrected chi connectivity index (χ2v) is 5.77. The SMILES string of the molecule is CN=C(NCCc1ccc2c(c1)CCO2)NCc1ccc(F)cc1. The van der Waals surface area contributed by atoms with Gasteiger partial charge in [-0.1, -0.05) is 24.3 Å². The summed E-state index contributed by atoms with van der Waals surface area (Å²) in [4.78, 5) is 4.21. The summed E-state index contributed by atoms with van der Waals surface area (Å²) in [5.74, 6) is 1.54. The zero-order valence-electron chi connectivity index (χ0n) is 13.8. The molecule has 0 radical (unpaired) electrons. The van der Waals surface area contributed by atoms with Crippen LogP contribution < -0.4 is 15.4 Å².